The van der Waals surface area contributed by atoms with E-state index in [2.05, 4.69) is 33.8 Å². The van der Waals surface area contributed by atoms with Gasteiger partial charge < -0.3 is 9.63 Å². The average molecular weight is 282 g/mol. The first-order valence-electron chi connectivity index (χ1n) is 7.54. The van der Waals surface area contributed by atoms with Gasteiger partial charge in [0, 0.05) is 26.1 Å². The molecule has 1 aliphatic heterocycles. The fourth-order valence-corrected chi connectivity index (χ4v) is 2.53. The van der Waals surface area contributed by atoms with Crippen LogP contribution in [-0.4, -0.2) is 64.4 Å². The third-order valence-corrected chi connectivity index (χ3v) is 3.56. The molecule has 2 rings (SSSR count). The zero-order valence-electron chi connectivity index (χ0n) is 12.6. The van der Waals surface area contributed by atoms with Crippen LogP contribution in [0, 0.1) is 5.92 Å². The van der Waals surface area contributed by atoms with Crippen molar-refractivity contribution in [3.05, 3.63) is 11.7 Å². The predicted octanol–water partition coefficient (Wildman–Crippen LogP) is 0.768. The Balaban J connectivity index is 1.82. The van der Waals surface area contributed by atoms with Gasteiger partial charge in [0.1, 0.15) is 0 Å². The number of β-amino-alcohol motifs (C(OH)–C–C–N with tert-alkyl or cyclic N) is 1. The van der Waals surface area contributed by atoms with Crippen LogP contribution in [-0.2, 0) is 13.0 Å². The third kappa shape index (κ3) is 4.85. The highest BCUT2D eigenvalue weighted by Crippen LogP contribution is 2.09. The topological polar surface area (TPSA) is 65.6 Å². The monoisotopic (exact) mass is 282 g/mol. The SMILES string of the molecule is CC(C)Cc1nc(CN2CCCN(CCO)CC2)no1. The Labute approximate surface area is 120 Å². The van der Waals surface area contributed by atoms with E-state index >= 15 is 0 Å². The van der Waals surface area contributed by atoms with Gasteiger partial charge >= 0.3 is 0 Å². The maximum Gasteiger partial charge on any atom is 0.226 e. The van der Waals surface area contributed by atoms with Crippen molar-refractivity contribution < 1.29 is 9.63 Å². The molecule has 0 unspecified atom stereocenters. The molecule has 0 atom stereocenters. The van der Waals surface area contributed by atoms with Crippen molar-refractivity contribution in [2.24, 2.45) is 5.92 Å². The molecule has 6 nitrogen and oxygen atoms in total. The second-order valence-electron chi connectivity index (χ2n) is 5.90. The van der Waals surface area contributed by atoms with Crippen LogP contribution in [0.5, 0.6) is 0 Å². The molecule has 0 saturated carbocycles. The summed E-state index contributed by atoms with van der Waals surface area (Å²) in [5.74, 6) is 2.07. The van der Waals surface area contributed by atoms with E-state index in [9.17, 15) is 0 Å². The summed E-state index contributed by atoms with van der Waals surface area (Å²) < 4.78 is 5.28. The highest BCUT2D eigenvalue weighted by Gasteiger charge is 2.17. The number of hydrogen-bond acceptors (Lipinski definition) is 6. The van der Waals surface area contributed by atoms with Gasteiger partial charge in [-0.1, -0.05) is 19.0 Å². The lowest BCUT2D eigenvalue weighted by Gasteiger charge is -2.19. The highest BCUT2D eigenvalue weighted by atomic mass is 16.5. The van der Waals surface area contributed by atoms with Crippen molar-refractivity contribution in [2.75, 3.05) is 39.3 Å². The molecule has 0 amide bonds. The first kappa shape index (κ1) is 15.4. The zero-order chi connectivity index (χ0) is 14.4. The van der Waals surface area contributed by atoms with Gasteiger partial charge in [-0.3, -0.25) is 9.80 Å². The Morgan fingerprint density at radius 1 is 1.20 bits per heavy atom. The zero-order valence-corrected chi connectivity index (χ0v) is 12.6. The summed E-state index contributed by atoms with van der Waals surface area (Å²) in [6.07, 6.45) is 1.97. The smallest absolute Gasteiger partial charge is 0.226 e. The molecule has 1 aromatic rings. The van der Waals surface area contributed by atoms with E-state index < -0.39 is 0 Å². The lowest BCUT2D eigenvalue weighted by molar-refractivity contribution is 0.195. The second kappa shape index (κ2) is 7.71. The number of hydrogen-bond donors (Lipinski definition) is 1. The molecular weight excluding hydrogens is 256 g/mol. The Morgan fingerprint density at radius 2 is 1.95 bits per heavy atom. The summed E-state index contributed by atoms with van der Waals surface area (Å²) in [5.41, 5.74) is 0. The Kier molecular flexibility index (Phi) is 5.94. The minimum atomic E-state index is 0.239. The first-order valence-corrected chi connectivity index (χ1v) is 7.54. The van der Waals surface area contributed by atoms with Crippen molar-refractivity contribution in [3.63, 3.8) is 0 Å². The molecule has 20 heavy (non-hydrogen) atoms. The van der Waals surface area contributed by atoms with E-state index in [0.717, 1.165) is 63.8 Å². The number of nitrogens with zero attached hydrogens (tertiary/aromatic N) is 4. The summed E-state index contributed by atoms with van der Waals surface area (Å²) in [6, 6.07) is 0. The molecule has 0 radical (unpaired) electrons. The van der Waals surface area contributed by atoms with Crippen LogP contribution in [0.2, 0.25) is 0 Å². The van der Waals surface area contributed by atoms with Crippen molar-refractivity contribution in [3.8, 4) is 0 Å². The van der Waals surface area contributed by atoms with Crippen molar-refractivity contribution in [2.45, 2.75) is 33.2 Å². The standard InChI is InChI=1S/C14H26N4O2/c1-12(2)10-14-15-13(16-20-14)11-18-5-3-4-17(6-7-18)8-9-19/h12,19H,3-11H2,1-2H3. The number of aliphatic hydroxyl groups is 1. The van der Waals surface area contributed by atoms with Gasteiger partial charge in [0.05, 0.1) is 13.2 Å². The summed E-state index contributed by atoms with van der Waals surface area (Å²) in [6.45, 7) is 10.2. The van der Waals surface area contributed by atoms with Gasteiger partial charge in [0.15, 0.2) is 5.82 Å². The number of aliphatic hydroxyl groups excluding tert-OH is 1. The maximum absolute atomic E-state index is 9.00. The van der Waals surface area contributed by atoms with Gasteiger partial charge in [-0.15, -0.1) is 0 Å². The van der Waals surface area contributed by atoms with Crippen LogP contribution >= 0.6 is 0 Å². The van der Waals surface area contributed by atoms with Crippen LogP contribution in [0.1, 0.15) is 32.0 Å². The van der Waals surface area contributed by atoms with E-state index in [1.165, 1.54) is 0 Å². The van der Waals surface area contributed by atoms with Crippen LogP contribution in [0.4, 0.5) is 0 Å². The Hall–Kier alpha value is -0.980. The lowest BCUT2D eigenvalue weighted by atomic mass is 10.1. The lowest BCUT2D eigenvalue weighted by Crippen LogP contribution is -2.32. The third-order valence-electron chi connectivity index (χ3n) is 3.56. The summed E-state index contributed by atoms with van der Waals surface area (Å²) in [7, 11) is 0. The van der Waals surface area contributed by atoms with Gasteiger partial charge in [0.2, 0.25) is 5.89 Å². The van der Waals surface area contributed by atoms with E-state index in [4.69, 9.17) is 9.63 Å². The van der Waals surface area contributed by atoms with Gasteiger partial charge in [-0.05, 0) is 25.4 Å². The predicted molar refractivity (Wildman–Crippen MR) is 76.3 cm³/mol. The molecule has 1 aliphatic rings. The molecule has 1 fully saturated rings. The molecule has 114 valence electrons. The van der Waals surface area contributed by atoms with Crippen molar-refractivity contribution >= 4 is 0 Å². The largest absolute Gasteiger partial charge is 0.395 e. The fraction of sp³-hybridized carbons (Fsp3) is 0.857. The summed E-state index contributed by atoms with van der Waals surface area (Å²) in [5, 5.41) is 13.1. The maximum atomic E-state index is 9.00. The minimum Gasteiger partial charge on any atom is -0.395 e. The van der Waals surface area contributed by atoms with Gasteiger partial charge in [0.25, 0.3) is 0 Å². The normalized spacial score (nSPS) is 18.6. The van der Waals surface area contributed by atoms with Gasteiger partial charge in [-0.25, -0.2) is 0 Å². The first-order chi connectivity index (χ1) is 9.67. The Morgan fingerprint density at radius 3 is 2.70 bits per heavy atom. The van der Waals surface area contributed by atoms with Crippen LogP contribution in [0.25, 0.3) is 0 Å². The van der Waals surface area contributed by atoms with E-state index in [0.29, 0.717) is 5.92 Å². The van der Waals surface area contributed by atoms with Crippen molar-refractivity contribution in [1.82, 2.24) is 19.9 Å². The number of aromatic nitrogens is 2. The van der Waals surface area contributed by atoms with Gasteiger partial charge in [-0.2, -0.15) is 4.98 Å². The molecule has 0 spiro atoms. The molecule has 0 aliphatic carbocycles. The summed E-state index contributed by atoms with van der Waals surface area (Å²) in [4.78, 5) is 9.13. The average Bonchev–Trinajstić information content (AvgIpc) is 2.69. The quantitative estimate of drug-likeness (QED) is 0.831. The molecule has 2 heterocycles. The minimum absolute atomic E-state index is 0.239. The summed E-state index contributed by atoms with van der Waals surface area (Å²) >= 11 is 0. The molecule has 6 heteroatoms. The molecule has 1 N–H and O–H groups in total. The van der Waals surface area contributed by atoms with Crippen LogP contribution in [0.15, 0.2) is 4.52 Å². The molecule has 1 aromatic heterocycles. The fourth-order valence-electron chi connectivity index (χ4n) is 2.53. The van der Waals surface area contributed by atoms with E-state index in [1.807, 2.05) is 0 Å². The van der Waals surface area contributed by atoms with E-state index in [1.54, 1.807) is 0 Å². The molecule has 0 bridgehead atoms. The molecule has 0 aromatic carbocycles. The highest BCUT2D eigenvalue weighted by molar-refractivity contribution is 4.88. The van der Waals surface area contributed by atoms with Crippen LogP contribution in [0.3, 0.4) is 0 Å². The van der Waals surface area contributed by atoms with E-state index in [-0.39, 0.29) is 6.61 Å². The Bertz CT molecular complexity index is 394. The van der Waals surface area contributed by atoms with Crippen LogP contribution < -0.4 is 0 Å². The second-order valence-corrected chi connectivity index (χ2v) is 5.90. The molecular formula is C14H26N4O2. The van der Waals surface area contributed by atoms with Crippen molar-refractivity contribution in [1.29, 1.82) is 0 Å². The number of rotatable bonds is 6. The molecule has 1 saturated heterocycles.